The number of hydrogen-bond donors (Lipinski definition) is 2. The molecule has 1 heterocycles. The summed E-state index contributed by atoms with van der Waals surface area (Å²) in [5.74, 6) is -0.731. The van der Waals surface area contributed by atoms with Gasteiger partial charge in [-0.3, -0.25) is 0 Å². The molecule has 0 atom stereocenters. The third-order valence-electron chi connectivity index (χ3n) is 3.12. The topological polar surface area (TPSA) is 111 Å². The first-order chi connectivity index (χ1) is 10.7. The van der Waals surface area contributed by atoms with Crippen LogP contribution in [-0.4, -0.2) is 17.1 Å². The fourth-order valence-corrected chi connectivity index (χ4v) is 2.21. The molecule has 120 valence electrons. The van der Waals surface area contributed by atoms with Crippen LogP contribution in [0.2, 0.25) is 0 Å². The van der Waals surface area contributed by atoms with Crippen LogP contribution in [0, 0.1) is 18.3 Å². The van der Waals surface area contributed by atoms with Gasteiger partial charge in [0.05, 0.1) is 18.4 Å². The fourth-order valence-electron chi connectivity index (χ4n) is 2.21. The van der Waals surface area contributed by atoms with E-state index in [4.69, 9.17) is 21.5 Å². The van der Waals surface area contributed by atoms with Crippen molar-refractivity contribution in [2.24, 2.45) is 0 Å². The van der Waals surface area contributed by atoms with Crippen molar-refractivity contribution in [1.82, 2.24) is 9.97 Å². The number of benzene rings is 1. The fraction of sp³-hybridized carbons (Fsp3) is 0.214. The van der Waals surface area contributed by atoms with Crippen molar-refractivity contribution in [2.45, 2.75) is 13.1 Å². The minimum absolute atomic E-state index is 0.0491. The lowest BCUT2D eigenvalue weighted by atomic mass is 9.99. The number of aryl methyl sites for hydroxylation is 1. The van der Waals surface area contributed by atoms with Crippen molar-refractivity contribution in [1.29, 1.82) is 5.26 Å². The average Bonchev–Trinajstić information content (AvgIpc) is 2.44. The summed E-state index contributed by atoms with van der Waals surface area (Å²) in [6.45, 7) is 1.46. The molecule has 0 saturated carbocycles. The number of ether oxygens (including phenoxy) is 1. The van der Waals surface area contributed by atoms with Gasteiger partial charge in [-0.05, 0) is 24.6 Å². The van der Waals surface area contributed by atoms with E-state index in [-0.39, 0.29) is 39.9 Å². The van der Waals surface area contributed by atoms with Crippen LogP contribution in [0.1, 0.15) is 16.7 Å². The van der Waals surface area contributed by atoms with Crippen molar-refractivity contribution >= 4 is 11.8 Å². The number of nitrogens with two attached hydrogens (primary N) is 2. The molecule has 23 heavy (non-hydrogen) atoms. The molecular formula is C14H12F3N5O. The van der Waals surface area contributed by atoms with E-state index in [0.717, 1.165) is 13.2 Å². The Kier molecular flexibility index (Phi) is 4.01. The molecule has 0 saturated heterocycles. The van der Waals surface area contributed by atoms with E-state index in [1.54, 1.807) is 6.07 Å². The second-order valence-electron chi connectivity index (χ2n) is 4.67. The lowest BCUT2D eigenvalue weighted by Gasteiger charge is -2.16. The highest BCUT2D eigenvalue weighted by atomic mass is 19.4. The average molecular weight is 323 g/mol. The standard InChI is InChI=1S/C14H12F3N5O/c1-6-3-7(4-9(11(6)23-2)14(15,16)17)10-8(5-18)12(19)22-13(20)21-10/h3-4H,1-2H3,(H4,19,20,21,22). The van der Waals surface area contributed by atoms with Gasteiger partial charge in [-0.2, -0.15) is 23.4 Å². The molecule has 0 aliphatic rings. The Morgan fingerprint density at radius 3 is 2.39 bits per heavy atom. The van der Waals surface area contributed by atoms with Gasteiger partial charge in [-0.25, -0.2) is 4.98 Å². The molecule has 0 aliphatic carbocycles. The lowest BCUT2D eigenvalue weighted by Crippen LogP contribution is -2.10. The highest BCUT2D eigenvalue weighted by Gasteiger charge is 2.36. The molecule has 4 N–H and O–H groups in total. The van der Waals surface area contributed by atoms with Crippen molar-refractivity contribution in [3.8, 4) is 23.1 Å². The summed E-state index contributed by atoms with van der Waals surface area (Å²) in [5, 5.41) is 9.15. The molecule has 9 heteroatoms. The first-order valence-electron chi connectivity index (χ1n) is 6.28. The Morgan fingerprint density at radius 2 is 1.87 bits per heavy atom. The van der Waals surface area contributed by atoms with Crippen LogP contribution >= 0.6 is 0 Å². The molecule has 2 aromatic rings. The number of nitrogens with zero attached hydrogens (tertiary/aromatic N) is 3. The number of nitrogen functional groups attached to an aromatic ring is 2. The second kappa shape index (κ2) is 5.64. The third kappa shape index (κ3) is 2.96. The van der Waals surface area contributed by atoms with Gasteiger partial charge in [0.25, 0.3) is 0 Å². The van der Waals surface area contributed by atoms with Crippen molar-refractivity contribution in [3.05, 3.63) is 28.8 Å². The summed E-state index contributed by atoms with van der Waals surface area (Å²) in [7, 11) is 1.15. The van der Waals surface area contributed by atoms with Gasteiger partial charge in [0, 0.05) is 5.56 Å². The Balaban J connectivity index is 2.82. The van der Waals surface area contributed by atoms with Crippen LogP contribution in [0.3, 0.4) is 0 Å². The third-order valence-corrected chi connectivity index (χ3v) is 3.12. The highest BCUT2D eigenvalue weighted by molar-refractivity contribution is 5.75. The van der Waals surface area contributed by atoms with Gasteiger partial charge in [0.15, 0.2) is 0 Å². The van der Waals surface area contributed by atoms with E-state index in [0.29, 0.717) is 0 Å². The zero-order chi connectivity index (χ0) is 17.4. The maximum absolute atomic E-state index is 13.2. The van der Waals surface area contributed by atoms with E-state index in [1.807, 2.05) is 0 Å². The van der Waals surface area contributed by atoms with Crippen LogP contribution in [-0.2, 0) is 6.18 Å². The van der Waals surface area contributed by atoms with Crippen molar-refractivity contribution in [2.75, 3.05) is 18.6 Å². The Labute approximate surface area is 129 Å². The van der Waals surface area contributed by atoms with Gasteiger partial charge < -0.3 is 16.2 Å². The smallest absolute Gasteiger partial charge is 0.419 e. The molecule has 0 fully saturated rings. The van der Waals surface area contributed by atoms with Crippen LogP contribution in [0.4, 0.5) is 24.9 Å². The number of nitriles is 1. The molecular weight excluding hydrogens is 311 g/mol. The SMILES string of the molecule is COc1c(C)cc(-c2nc(N)nc(N)c2C#N)cc1C(F)(F)F. The maximum Gasteiger partial charge on any atom is 0.419 e. The van der Waals surface area contributed by atoms with Crippen LogP contribution in [0.15, 0.2) is 12.1 Å². The summed E-state index contributed by atoms with van der Waals surface area (Å²) in [4.78, 5) is 7.48. The van der Waals surface area contributed by atoms with E-state index in [2.05, 4.69) is 9.97 Å². The minimum Gasteiger partial charge on any atom is -0.496 e. The van der Waals surface area contributed by atoms with E-state index >= 15 is 0 Å². The number of methoxy groups -OCH3 is 1. The first kappa shape index (κ1) is 16.4. The number of alkyl halides is 3. The van der Waals surface area contributed by atoms with Gasteiger partial charge in [-0.1, -0.05) is 0 Å². The predicted molar refractivity (Wildman–Crippen MR) is 77.3 cm³/mol. The number of aromatic nitrogens is 2. The normalized spacial score (nSPS) is 11.1. The molecule has 0 amide bonds. The maximum atomic E-state index is 13.2. The Bertz CT molecular complexity index is 812. The second-order valence-corrected chi connectivity index (χ2v) is 4.67. The molecule has 1 aromatic carbocycles. The summed E-state index contributed by atoms with van der Waals surface area (Å²) in [6, 6.07) is 4.03. The first-order valence-corrected chi connectivity index (χ1v) is 6.28. The zero-order valence-corrected chi connectivity index (χ0v) is 12.2. The molecule has 2 rings (SSSR count). The van der Waals surface area contributed by atoms with E-state index in [9.17, 15) is 13.2 Å². The quantitative estimate of drug-likeness (QED) is 0.878. The molecule has 6 nitrogen and oxygen atoms in total. The minimum atomic E-state index is -4.64. The van der Waals surface area contributed by atoms with Crippen LogP contribution in [0.25, 0.3) is 11.3 Å². The van der Waals surface area contributed by atoms with Crippen LogP contribution in [0.5, 0.6) is 5.75 Å². The summed E-state index contributed by atoms with van der Waals surface area (Å²) >= 11 is 0. The molecule has 0 spiro atoms. The Morgan fingerprint density at radius 1 is 1.22 bits per heavy atom. The van der Waals surface area contributed by atoms with Gasteiger partial charge in [-0.15, -0.1) is 0 Å². The van der Waals surface area contributed by atoms with Crippen molar-refractivity contribution in [3.63, 3.8) is 0 Å². The summed E-state index contributed by atoms with van der Waals surface area (Å²) in [5.41, 5.74) is 10.2. The summed E-state index contributed by atoms with van der Waals surface area (Å²) in [6.07, 6.45) is -4.64. The molecule has 0 radical (unpaired) electrons. The number of rotatable bonds is 2. The Hall–Kier alpha value is -3.02. The van der Waals surface area contributed by atoms with Gasteiger partial charge in [0.2, 0.25) is 5.95 Å². The molecule has 0 bridgehead atoms. The van der Waals surface area contributed by atoms with E-state index in [1.165, 1.54) is 13.0 Å². The van der Waals surface area contributed by atoms with Gasteiger partial charge in [0.1, 0.15) is 23.2 Å². The molecule has 0 aliphatic heterocycles. The number of halogens is 3. The van der Waals surface area contributed by atoms with Crippen LogP contribution < -0.4 is 16.2 Å². The zero-order valence-electron chi connectivity index (χ0n) is 12.2. The molecule has 0 unspecified atom stereocenters. The molecule has 1 aromatic heterocycles. The predicted octanol–water partition coefficient (Wildman–Crippen LogP) is 2.52. The lowest BCUT2D eigenvalue weighted by molar-refractivity contribution is -0.138. The summed E-state index contributed by atoms with van der Waals surface area (Å²) < 4.78 is 44.5. The number of anilines is 2. The van der Waals surface area contributed by atoms with Gasteiger partial charge >= 0.3 is 6.18 Å². The monoisotopic (exact) mass is 323 g/mol. The highest BCUT2D eigenvalue weighted by Crippen LogP contribution is 2.41. The van der Waals surface area contributed by atoms with Crippen molar-refractivity contribution < 1.29 is 17.9 Å². The number of hydrogen-bond acceptors (Lipinski definition) is 6. The largest absolute Gasteiger partial charge is 0.496 e. The van der Waals surface area contributed by atoms with E-state index < -0.39 is 11.7 Å².